The molecule has 19 heavy (non-hydrogen) atoms. The molecule has 2 aromatic rings. The summed E-state index contributed by atoms with van der Waals surface area (Å²) in [5, 5.41) is 1.20. The van der Waals surface area contributed by atoms with Crippen LogP contribution in [-0.2, 0) is 5.41 Å². The predicted molar refractivity (Wildman–Crippen MR) is 81.2 cm³/mol. The van der Waals surface area contributed by atoms with Crippen molar-refractivity contribution in [2.24, 2.45) is 0 Å². The molecule has 0 saturated carbocycles. The predicted octanol–water partition coefficient (Wildman–Crippen LogP) is 5.40. The van der Waals surface area contributed by atoms with Crippen molar-refractivity contribution in [2.75, 3.05) is 0 Å². The standard InChI is InChI=1S/C14H13Cl3N2/c1-14(2,3)13-18-11(16)10(12(17)19-13)8-6-4-5-7-9(8)15/h4-7H,1-3H3. The molecule has 1 heterocycles. The van der Waals surface area contributed by atoms with Crippen molar-refractivity contribution < 1.29 is 0 Å². The van der Waals surface area contributed by atoms with Gasteiger partial charge in [-0.25, -0.2) is 9.97 Å². The van der Waals surface area contributed by atoms with E-state index in [4.69, 9.17) is 34.8 Å². The van der Waals surface area contributed by atoms with Crippen molar-refractivity contribution in [3.63, 3.8) is 0 Å². The number of hydrogen-bond donors (Lipinski definition) is 0. The molecule has 2 nitrogen and oxygen atoms in total. The van der Waals surface area contributed by atoms with E-state index in [1.807, 2.05) is 39.0 Å². The molecule has 0 aliphatic rings. The van der Waals surface area contributed by atoms with E-state index in [0.29, 0.717) is 26.7 Å². The van der Waals surface area contributed by atoms with Gasteiger partial charge in [0.1, 0.15) is 16.1 Å². The van der Waals surface area contributed by atoms with Crippen LogP contribution in [0.25, 0.3) is 11.1 Å². The zero-order valence-electron chi connectivity index (χ0n) is 10.8. The van der Waals surface area contributed by atoms with Crippen LogP contribution >= 0.6 is 34.8 Å². The summed E-state index contributed by atoms with van der Waals surface area (Å²) in [6.07, 6.45) is 0. The van der Waals surface area contributed by atoms with E-state index in [1.54, 1.807) is 6.07 Å². The zero-order valence-corrected chi connectivity index (χ0v) is 13.1. The molecule has 0 amide bonds. The lowest BCUT2D eigenvalue weighted by Gasteiger charge is -2.18. The fraction of sp³-hybridized carbons (Fsp3) is 0.286. The maximum Gasteiger partial charge on any atom is 0.142 e. The molecule has 0 bridgehead atoms. The second kappa shape index (κ2) is 5.28. The third-order valence-corrected chi connectivity index (χ3v) is 3.51. The summed E-state index contributed by atoms with van der Waals surface area (Å²) in [6, 6.07) is 7.33. The van der Waals surface area contributed by atoms with Crippen LogP contribution in [0.1, 0.15) is 26.6 Å². The minimum atomic E-state index is -0.216. The summed E-state index contributed by atoms with van der Waals surface area (Å²) >= 11 is 18.7. The van der Waals surface area contributed by atoms with Gasteiger partial charge in [0.15, 0.2) is 0 Å². The van der Waals surface area contributed by atoms with Crippen molar-refractivity contribution in [1.29, 1.82) is 0 Å². The molecule has 100 valence electrons. The Labute approximate surface area is 127 Å². The average Bonchev–Trinajstić information content (AvgIpc) is 2.29. The third kappa shape index (κ3) is 3.02. The van der Waals surface area contributed by atoms with Gasteiger partial charge in [0.05, 0.1) is 5.56 Å². The highest BCUT2D eigenvalue weighted by Crippen LogP contribution is 2.37. The van der Waals surface area contributed by atoms with Gasteiger partial charge in [0.2, 0.25) is 0 Å². The van der Waals surface area contributed by atoms with E-state index in [2.05, 4.69) is 9.97 Å². The lowest BCUT2D eigenvalue weighted by Crippen LogP contribution is -2.16. The van der Waals surface area contributed by atoms with Crippen LogP contribution in [0.15, 0.2) is 24.3 Å². The van der Waals surface area contributed by atoms with Gasteiger partial charge in [-0.2, -0.15) is 0 Å². The third-order valence-electron chi connectivity index (χ3n) is 2.63. The summed E-state index contributed by atoms with van der Waals surface area (Å²) in [4.78, 5) is 8.67. The van der Waals surface area contributed by atoms with Crippen LogP contribution in [0.2, 0.25) is 15.3 Å². The van der Waals surface area contributed by atoms with Crippen LogP contribution in [0.5, 0.6) is 0 Å². The maximum atomic E-state index is 6.25. The SMILES string of the molecule is CC(C)(C)c1nc(Cl)c(-c2ccccc2Cl)c(Cl)n1. The zero-order chi connectivity index (χ0) is 14.2. The van der Waals surface area contributed by atoms with Crippen LogP contribution in [0.4, 0.5) is 0 Å². The average molecular weight is 316 g/mol. The number of rotatable bonds is 1. The molecule has 1 aromatic carbocycles. The monoisotopic (exact) mass is 314 g/mol. The summed E-state index contributed by atoms with van der Waals surface area (Å²) in [5.74, 6) is 0.610. The largest absolute Gasteiger partial charge is 0.220 e. The molecule has 1 aromatic heterocycles. The van der Waals surface area contributed by atoms with Gasteiger partial charge >= 0.3 is 0 Å². The van der Waals surface area contributed by atoms with Crippen LogP contribution in [-0.4, -0.2) is 9.97 Å². The minimum Gasteiger partial charge on any atom is -0.220 e. The topological polar surface area (TPSA) is 25.8 Å². The molecular weight excluding hydrogens is 303 g/mol. The van der Waals surface area contributed by atoms with Gasteiger partial charge in [-0.15, -0.1) is 0 Å². The number of benzene rings is 1. The fourth-order valence-corrected chi connectivity index (χ4v) is 2.45. The molecule has 0 atom stereocenters. The van der Waals surface area contributed by atoms with E-state index in [0.717, 1.165) is 5.56 Å². The van der Waals surface area contributed by atoms with Gasteiger partial charge in [0.25, 0.3) is 0 Å². The first kappa shape index (κ1) is 14.6. The molecule has 0 saturated heterocycles. The van der Waals surface area contributed by atoms with E-state index in [-0.39, 0.29) is 5.41 Å². The van der Waals surface area contributed by atoms with Crippen molar-refractivity contribution >= 4 is 34.8 Å². The number of halogens is 3. The minimum absolute atomic E-state index is 0.216. The Bertz CT molecular complexity index is 595. The van der Waals surface area contributed by atoms with Crippen molar-refractivity contribution in [3.05, 3.63) is 45.4 Å². The molecule has 0 spiro atoms. The van der Waals surface area contributed by atoms with E-state index >= 15 is 0 Å². The summed E-state index contributed by atoms with van der Waals surface area (Å²) in [6.45, 7) is 6.01. The van der Waals surface area contributed by atoms with Crippen LogP contribution < -0.4 is 0 Å². The molecular formula is C14H13Cl3N2. The second-order valence-corrected chi connectivity index (χ2v) is 6.36. The highest BCUT2D eigenvalue weighted by molar-refractivity contribution is 6.40. The molecule has 0 N–H and O–H groups in total. The van der Waals surface area contributed by atoms with Gasteiger partial charge in [-0.1, -0.05) is 73.8 Å². The van der Waals surface area contributed by atoms with Crippen molar-refractivity contribution in [3.8, 4) is 11.1 Å². The molecule has 0 unspecified atom stereocenters. The quantitative estimate of drug-likeness (QED) is 0.658. The first-order valence-electron chi connectivity index (χ1n) is 5.79. The Morgan fingerprint density at radius 3 is 1.89 bits per heavy atom. The Morgan fingerprint density at radius 1 is 0.895 bits per heavy atom. The first-order chi connectivity index (χ1) is 8.80. The van der Waals surface area contributed by atoms with Crippen LogP contribution in [0.3, 0.4) is 0 Å². The number of nitrogens with zero attached hydrogens (tertiary/aromatic N) is 2. The van der Waals surface area contributed by atoms with Crippen molar-refractivity contribution in [2.45, 2.75) is 26.2 Å². The number of aromatic nitrogens is 2. The molecule has 0 fully saturated rings. The molecule has 0 radical (unpaired) electrons. The fourth-order valence-electron chi connectivity index (χ4n) is 1.63. The second-order valence-electron chi connectivity index (χ2n) is 5.23. The Morgan fingerprint density at radius 2 is 1.42 bits per heavy atom. The Hall–Kier alpha value is -0.830. The smallest absolute Gasteiger partial charge is 0.142 e. The van der Waals surface area contributed by atoms with E-state index < -0.39 is 0 Å². The maximum absolute atomic E-state index is 6.25. The van der Waals surface area contributed by atoms with E-state index in [1.165, 1.54) is 0 Å². The Kier molecular flexibility index (Phi) is 4.05. The van der Waals surface area contributed by atoms with Crippen molar-refractivity contribution in [1.82, 2.24) is 9.97 Å². The highest BCUT2D eigenvalue weighted by atomic mass is 35.5. The Balaban J connectivity index is 2.65. The molecule has 2 rings (SSSR count). The lowest BCUT2D eigenvalue weighted by atomic mass is 9.95. The van der Waals surface area contributed by atoms with Gasteiger partial charge in [-0.05, 0) is 6.07 Å². The molecule has 5 heteroatoms. The summed E-state index contributed by atoms with van der Waals surface area (Å²) in [7, 11) is 0. The number of hydrogen-bond acceptors (Lipinski definition) is 2. The van der Waals surface area contributed by atoms with Crippen LogP contribution in [0, 0.1) is 0 Å². The first-order valence-corrected chi connectivity index (χ1v) is 6.92. The molecule has 0 aliphatic carbocycles. The summed E-state index contributed by atoms with van der Waals surface area (Å²) in [5.41, 5.74) is 1.09. The van der Waals surface area contributed by atoms with E-state index in [9.17, 15) is 0 Å². The summed E-state index contributed by atoms with van der Waals surface area (Å²) < 4.78 is 0. The molecule has 0 aliphatic heterocycles. The normalized spacial score (nSPS) is 11.7. The highest BCUT2D eigenvalue weighted by Gasteiger charge is 2.22. The van der Waals surface area contributed by atoms with Gasteiger partial charge in [0, 0.05) is 16.0 Å². The van der Waals surface area contributed by atoms with Gasteiger partial charge in [-0.3, -0.25) is 0 Å². The lowest BCUT2D eigenvalue weighted by molar-refractivity contribution is 0.545. The van der Waals surface area contributed by atoms with Gasteiger partial charge < -0.3 is 0 Å².